The Kier molecular flexibility index (Phi) is 3.01. The summed E-state index contributed by atoms with van der Waals surface area (Å²) in [6.07, 6.45) is 4.71. The smallest absolute Gasteiger partial charge is 0.126 e. The van der Waals surface area contributed by atoms with Gasteiger partial charge in [-0.1, -0.05) is 30.3 Å². The normalized spacial score (nSPS) is 25.7. The summed E-state index contributed by atoms with van der Waals surface area (Å²) in [5, 5.41) is 11.5. The van der Waals surface area contributed by atoms with Crippen molar-refractivity contribution >= 4 is 0 Å². The Bertz CT molecular complexity index is 689. The SMILES string of the molecule is OC1(c2ccc(F)cc2)CC2(CCCC2)Oc2ccccc21. The van der Waals surface area contributed by atoms with Gasteiger partial charge in [0.15, 0.2) is 0 Å². The predicted molar refractivity (Wildman–Crippen MR) is 82.3 cm³/mol. The molecule has 1 fully saturated rings. The largest absolute Gasteiger partial charge is 0.487 e. The first-order chi connectivity index (χ1) is 10.6. The third kappa shape index (κ3) is 2.03. The van der Waals surface area contributed by atoms with E-state index in [2.05, 4.69) is 0 Å². The van der Waals surface area contributed by atoms with Crippen molar-refractivity contribution in [2.75, 3.05) is 0 Å². The highest BCUT2D eigenvalue weighted by molar-refractivity contribution is 5.47. The molecule has 4 rings (SSSR count). The van der Waals surface area contributed by atoms with Crippen molar-refractivity contribution in [2.24, 2.45) is 0 Å². The van der Waals surface area contributed by atoms with Crippen molar-refractivity contribution in [1.29, 1.82) is 0 Å². The molecule has 1 unspecified atom stereocenters. The van der Waals surface area contributed by atoms with Crippen molar-refractivity contribution in [3.63, 3.8) is 0 Å². The summed E-state index contributed by atoms with van der Waals surface area (Å²) in [5.74, 6) is 0.464. The van der Waals surface area contributed by atoms with Crippen LogP contribution >= 0.6 is 0 Å². The Balaban J connectivity index is 1.87. The maximum Gasteiger partial charge on any atom is 0.126 e. The van der Waals surface area contributed by atoms with Gasteiger partial charge in [0, 0.05) is 12.0 Å². The highest BCUT2D eigenvalue weighted by Crippen LogP contribution is 2.52. The molecule has 1 saturated carbocycles. The van der Waals surface area contributed by atoms with E-state index in [4.69, 9.17) is 4.74 Å². The van der Waals surface area contributed by atoms with Gasteiger partial charge >= 0.3 is 0 Å². The summed E-state index contributed by atoms with van der Waals surface area (Å²) < 4.78 is 19.5. The fraction of sp³-hybridized carbons (Fsp3) is 0.368. The van der Waals surface area contributed by atoms with Crippen molar-refractivity contribution in [2.45, 2.75) is 43.3 Å². The average Bonchev–Trinajstić information content (AvgIpc) is 2.95. The third-order valence-electron chi connectivity index (χ3n) is 5.07. The molecule has 2 nitrogen and oxygen atoms in total. The predicted octanol–water partition coefficient (Wildman–Crippen LogP) is 4.16. The van der Waals surface area contributed by atoms with E-state index in [-0.39, 0.29) is 11.4 Å². The Hall–Kier alpha value is -1.87. The van der Waals surface area contributed by atoms with E-state index in [9.17, 15) is 9.50 Å². The Labute approximate surface area is 129 Å². The molecule has 22 heavy (non-hydrogen) atoms. The minimum Gasteiger partial charge on any atom is -0.487 e. The lowest BCUT2D eigenvalue weighted by Crippen LogP contribution is -2.47. The lowest BCUT2D eigenvalue weighted by Gasteiger charge is -2.45. The van der Waals surface area contributed by atoms with E-state index >= 15 is 0 Å². The van der Waals surface area contributed by atoms with Crippen LogP contribution in [-0.4, -0.2) is 10.7 Å². The molecule has 0 amide bonds. The number of benzene rings is 2. The Morgan fingerprint density at radius 2 is 1.64 bits per heavy atom. The van der Waals surface area contributed by atoms with Crippen LogP contribution in [0.1, 0.15) is 43.2 Å². The minimum atomic E-state index is -1.12. The molecule has 1 aliphatic carbocycles. The number of halogens is 1. The van der Waals surface area contributed by atoms with E-state index in [1.807, 2.05) is 24.3 Å². The fourth-order valence-corrected chi connectivity index (χ4v) is 4.01. The molecule has 0 aromatic heterocycles. The summed E-state index contributed by atoms with van der Waals surface area (Å²) in [6.45, 7) is 0. The lowest BCUT2D eigenvalue weighted by molar-refractivity contribution is -0.0532. The standard InChI is InChI=1S/C19H19FO2/c20-15-9-7-14(8-10-15)19(21)13-18(11-3-4-12-18)22-17-6-2-1-5-16(17)19/h1-2,5-10,21H,3-4,11-13H2. The molecule has 2 aromatic carbocycles. The van der Waals surface area contributed by atoms with E-state index in [0.717, 1.165) is 42.6 Å². The van der Waals surface area contributed by atoms with Crippen molar-refractivity contribution in [3.05, 3.63) is 65.5 Å². The van der Waals surface area contributed by atoms with Crippen LogP contribution in [0.2, 0.25) is 0 Å². The molecule has 0 saturated heterocycles. The van der Waals surface area contributed by atoms with Crippen LogP contribution in [0.5, 0.6) is 5.75 Å². The van der Waals surface area contributed by atoms with Crippen molar-refractivity contribution in [1.82, 2.24) is 0 Å². The second-order valence-corrected chi connectivity index (χ2v) is 6.53. The van der Waals surface area contributed by atoms with Gasteiger partial charge in [-0.25, -0.2) is 4.39 Å². The maximum atomic E-state index is 13.3. The number of aliphatic hydroxyl groups is 1. The van der Waals surface area contributed by atoms with Crippen LogP contribution in [-0.2, 0) is 5.60 Å². The van der Waals surface area contributed by atoms with Crippen LogP contribution in [0.3, 0.4) is 0 Å². The molecular formula is C19H19FO2. The van der Waals surface area contributed by atoms with Gasteiger partial charge in [-0.05, 0) is 49.4 Å². The molecule has 1 atom stereocenters. The van der Waals surface area contributed by atoms with Crippen molar-refractivity contribution in [3.8, 4) is 5.75 Å². The molecule has 2 aliphatic rings. The van der Waals surface area contributed by atoms with Crippen LogP contribution in [0.25, 0.3) is 0 Å². The van der Waals surface area contributed by atoms with E-state index in [1.165, 1.54) is 12.1 Å². The second kappa shape index (κ2) is 4.82. The second-order valence-electron chi connectivity index (χ2n) is 6.53. The van der Waals surface area contributed by atoms with Gasteiger partial charge in [0.1, 0.15) is 22.8 Å². The summed E-state index contributed by atoms with van der Waals surface area (Å²) in [6, 6.07) is 13.8. The first kappa shape index (κ1) is 13.8. The molecule has 1 N–H and O–H groups in total. The summed E-state index contributed by atoms with van der Waals surface area (Å²) in [7, 11) is 0. The van der Waals surface area contributed by atoms with Gasteiger partial charge < -0.3 is 9.84 Å². The zero-order valence-corrected chi connectivity index (χ0v) is 12.4. The minimum absolute atomic E-state index is 0.289. The molecule has 114 valence electrons. The highest BCUT2D eigenvalue weighted by atomic mass is 19.1. The molecule has 3 heteroatoms. The van der Waals surface area contributed by atoms with Crippen LogP contribution in [0.15, 0.2) is 48.5 Å². The van der Waals surface area contributed by atoms with Gasteiger partial charge in [0.2, 0.25) is 0 Å². The van der Waals surface area contributed by atoms with Gasteiger partial charge in [0.05, 0.1) is 0 Å². The maximum absolute atomic E-state index is 13.3. The van der Waals surface area contributed by atoms with Gasteiger partial charge in [-0.3, -0.25) is 0 Å². The molecule has 0 radical (unpaired) electrons. The van der Waals surface area contributed by atoms with Crippen LogP contribution in [0.4, 0.5) is 4.39 Å². The molecule has 1 spiro atoms. The number of para-hydroxylation sites is 1. The number of rotatable bonds is 1. The van der Waals surface area contributed by atoms with Crippen LogP contribution in [0, 0.1) is 5.82 Å². The molecule has 1 aliphatic heterocycles. The fourth-order valence-electron chi connectivity index (χ4n) is 4.01. The zero-order valence-electron chi connectivity index (χ0n) is 12.4. The molecule has 0 bridgehead atoms. The van der Waals surface area contributed by atoms with E-state index < -0.39 is 5.60 Å². The topological polar surface area (TPSA) is 29.5 Å². The summed E-state index contributed by atoms with van der Waals surface area (Å²) >= 11 is 0. The summed E-state index contributed by atoms with van der Waals surface area (Å²) in [5.41, 5.74) is 0.0970. The highest BCUT2D eigenvalue weighted by Gasteiger charge is 2.50. The number of hydrogen-bond acceptors (Lipinski definition) is 2. The first-order valence-electron chi connectivity index (χ1n) is 7.88. The Morgan fingerprint density at radius 3 is 2.36 bits per heavy atom. The zero-order chi connectivity index (χ0) is 15.2. The molecular weight excluding hydrogens is 279 g/mol. The van der Waals surface area contributed by atoms with Gasteiger partial charge in [0.25, 0.3) is 0 Å². The molecule has 1 heterocycles. The number of ether oxygens (including phenoxy) is 1. The van der Waals surface area contributed by atoms with Gasteiger partial charge in [-0.15, -0.1) is 0 Å². The number of hydrogen-bond donors (Lipinski definition) is 1. The Morgan fingerprint density at radius 1 is 0.955 bits per heavy atom. The van der Waals surface area contributed by atoms with E-state index in [1.54, 1.807) is 12.1 Å². The third-order valence-corrected chi connectivity index (χ3v) is 5.07. The monoisotopic (exact) mass is 298 g/mol. The quantitative estimate of drug-likeness (QED) is 0.856. The lowest BCUT2D eigenvalue weighted by atomic mass is 9.74. The van der Waals surface area contributed by atoms with E-state index in [0.29, 0.717) is 6.42 Å². The summed E-state index contributed by atoms with van der Waals surface area (Å²) in [4.78, 5) is 0. The van der Waals surface area contributed by atoms with Crippen LogP contribution < -0.4 is 4.74 Å². The van der Waals surface area contributed by atoms with Crippen molar-refractivity contribution < 1.29 is 14.2 Å². The number of fused-ring (bicyclic) bond motifs is 1. The van der Waals surface area contributed by atoms with Gasteiger partial charge in [-0.2, -0.15) is 0 Å². The molecule has 2 aromatic rings. The average molecular weight is 298 g/mol. The first-order valence-corrected chi connectivity index (χ1v) is 7.88.